The largest absolute Gasteiger partial charge is 0.460 e. The molecule has 0 radical (unpaired) electrons. The molecular formula is C19H19FN4O3. The quantitative estimate of drug-likeness (QED) is 0.743. The third-order valence-electron chi connectivity index (χ3n) is 4.69. The van der Waals surface area contributed by atoms with E-state index in [4.69, 9.17) is 9.26 Å². The number of halogens is 1. The van der Waals surface area contributed by atoms with Crippen molar-refractivity contribution in [1.29, 1.82) is 0 Å². The second-order valence-corrected chi connectivity index (χ2v) is 6.65. The first kappa shape index (κ1) is 17.4. The molecule has 27 heavy (non-hydrogen) atoms. The lowest BCUT2D eigenvalue weighted by molar-refractivity contribution is -0.121. The van der Waals surface area contributed by atoms with Crippen molar-refractivity contribution in [2.45, 2.75) is 44.2 Å². The second-order valence-electron chi connectivity index (χ2n) is 6.65. The van der Waals surface area contributed by atoms with E-state index < -0.39 is 5.82 Å². The number of fused-ring (bicyclic) bond motifs is 1. The molecule has 1 aromatic carbocycles. The van der Waals surface area contributed by atoms with E-state index >= 15 is 0 Å². The molecule has 2 aromatic heterocycles. The fourth-order valence-electron chi connectivity index (χ4n) is 3.33. The fraction of sp³-hybridized carbons (Fsp3) is 0.368. The van der Waals surface area contributed by atoms with E-state index in [0.717, 1.165) is 43.5 Å². The van der Waals surface area contributed by atoms with Gasteiger partial charge >= 0.3 is 6.01 Å². The Morgan fingerprint density at radius 2 is 1.93 bits per heavy atom. The van der Waals surface area contributed by atoms with Crippen molar-refractivity contribution >= 4 is 16.9 Å². The monoisotopic (exact) mass is 370 g/mol. The first-order chi connectivity index (χ1) is 13.2. The Morgan fingerprint density at radius 1 is 1.19 bits per heavy atom. The lowest BCUT2D eigenvalue weighted by Crippen LogP contribution is -2.40. The number of rotatable bonds is 5. The number of nitrogens with one attached hydrogen (secondary N) is 1. The number of ether oxygens (including phenoxy) is 1. The van der Waals surface area contributed by atoms with Gasteiger partial charge in [-0.15, -0.1) is 0 Å². The van der Waals surface area contributed by atoms with Gasteiger partial charge in [-0.3, -0.25) is 4.79 Å². The molecule has 3 aromatic rings. The van der Waals surface area contributed by atoms with Gasteiger partial charge in [-0.1, -0.05) is 17.3 Å². The van der Waals surface area contributed by atoms with E-state index in [0.29, 0.717) is 11.3 Å². The molecule has 7 nitrogen and oxygen atoms in total. The topological polar surface area (TPSA) is 90.1 Å². The van der Waals surface area contributed by atoms with Crippen molar-refractivity contribution in [1.82, 2.24) is 20.4 Å². The summed E-state index contributed by atoms with van der Waals surface area (Å²) in [4.78, 5) is 20.0. The Bertz CT molecular complexity index is 920. The van der Waals surface area contributed by atoms with Crippen molar-refractivity contribution in [2.24, 2.45) is 0 Å². The molecule has 0 saturated heterocycles. The highest BCUT2D eigenvalue weighted by Gasteiger charge is 2.24. The van der Waals surface area contributed by atoms with Crippen LogP contribution in [-0.2, 0) is 11.2 Å². The van der Waals surface area contributed by atoms with Crippen molar-refractivity contribution in [3.8, 4) is 6.01 Å². The maximum atomic E-state index is 12.8. The molecule has 1 N–H and O–H groups in total. The zero-order valence-corrected chi connectivity index (χ0v) is 14.6. The van der Waals surface area contributed by atoms with Crippen LogP contribution in [0.5, 0.6) is 6.01 Å². The second kappa shape index (κ2) is 7.69. The normalized spacial score (nSPS) is 19.7. The van der Waals surface area contributed by atoms with Crippen LogP contribution in [0.25, 0.3) is 11.0 Å². The summed E-state index contributed by atoms with van der Waals surface area (Å²) in [6.45, 7) is 0. The third kappa shape index (κ3) is 4.21. The number of amides is 1. The molecule has 0 spiro atoms. The average Bonchev–Trinajstić information content (AvgIpc) is 3.08. The summed E-state index contributed by atoms with van der Waals surface area (Å²) in [6, 6.07) is 7.78. The highest BCUT2D eigenvalue weighted by Crippen LogP contribution is 2.23. The Kier molecular flexibility index (Phi) is 4.95. The summed E-state index contributed by atoms with van der Waals surface area (Å²) in [6.07, 6.45) is 5.49. The first-order valence-electron chi connectivity index (χ1n) is 8.94. The van der Waals surface area contributed by atoms with Crippen LogP contribution in [0.15, 0.2) is 41.2 Å². The van der Waals surface area contributed by atoms with Crippen LogP contribution in [0.3, 0.4) is 0 Å². The van der Waals surface area contributed by atoms with Crippen LogP contribution in [0, 0.1) is 5.82 Å². The molecule has 2 heterocycles. The Morgan fingerprint density at radius 3 is 2.70 bits per heavy atom. The van der Waals surface area contributed by atoms with Gasteiger partial charge in [-0.25, -0.2) is 14.4 Å². The predicted octanol–water partition coefficient (Wildman–Crippen LogP) is 2.81. The molecule has 0 atom stereocenters. The van der Waals surface area contributed by atoms with Crippen molar-refractivity contribution in [2.75, 3.05) is 0 Å². The van der Waals surface area contributed by atoms with Gasteiger partial charge in [0.25, 0.3) is 0 Å². The zero-order valence-electron chi connectivity index (χ0n) is 14.6. The summed E-state index contributed by atoms with van der Waals surface area (Å²) >= 11 is 0. The van der Waals surface area contributed by atoms with Crippen molar-refractivity contribution < 1.29 is 18.4 Å². The third-order valence-corrected chi connectivity index (χ3v) is 4.69. The smallest absolute Gasteiger partial charge is 0.316 e. The average molecular weight is 370 g/mol. The maximum Gasteiger partial charge on any atom is 0.316 e. The number of carbonyl (C=O) groups excluding carboxylic acids is 1. The van der Waals surface area contributed by atoms with Gasteiger partial charge in [-0.2, -0.15) is 0 Å². The summed E-state index contributed by atoms with van der Waals surface area (Å²) < 4.78 is 23.7. The maximum absolute atomic E-state index is 12.8. The van der Waals surface area contributed by atoms with Crippen molar-refractivity contribution in [3.63, 3.8) is 0 Å². The minimum atomic E-state index is -0.492. The molecule has 0 aliphatic heterocycles. The van der Waals surface area contributed by atoms with Gasteiger partial charge in [0.2, 0.25) is 5.91 Å². The van der Waals surface area contributed by atoms with Gasteiger partial charge in [0.1, 0.15) is 11.8 Å². The van der Waals surface area contributed by atoms with Crippen LogP contribution in [-0.4, -0.2) is 33.2 Å². The molecule has 1 fully saturated rings. The number of nitrogens with zero attached hydrogens (tertiary/aromatic N) is 3. The fourth-order valence-corrected chi connectivity index (χ4v) is 3.33. The molecule has 1 aliphatic rings. The van der Waals surface area contributed by atoms with Crippen LogP contribution < -0.4 is 10.1 Å². The lowest BCUT2D eigenvalue weighted by atomic mass is 9.93. The first-order valence-corrected chi connectivity index (χ1v) is 8.94. The number of benzene rings is 1. The van der Waals surface area contributed by atoms with Gasteiger partial charge in [0.05, 0.1) is 18.8 Å². The van der Waals surface area contributed by atoms with E-state index in [-0.39, 0.29) is 30.5 Å². The van der Waals surface area contributed by atoms with E-state index in [2.05, 4.69) is 20.4 Å². The van der Waals surface area contributed by atoms with Gasteiger partial charge in [-0.05, 0) is 37.8 Å². The van der Waals surface area contributed by atoms with Crippen molar-refractivity contribution in [3.05, 3.63) is 48.2 Å². The lowest BCUT2D eigenvalue weighted by Gasteiger charge is -2.28. The van der Waals surface area contributed by atoms with E-state index in [9.17, 15) is 9.18 Å². The Hall–Kier alpha value is -3.03. The minimum Gasteiger partial charge on any atom is -0.460 e. The molecule has 140 valence electrons. The molecule has 4 rings (SSSR count). The van der Waals surface area contributed by atoms with Crippen LogP contribution in [0.1, 0.15) is 31.4 Å². The number of hydrogen-bond acceptors (Lipinski definition) is 6. The van der Waals surface area contributed by atoms with E-state index in [1.165, 1.54) is 0 Å². The van der Waals surface area contributed by atoms with E-state index in [1.54, 1.807) is 0 Å². The summed E-state index contributed by atoms with van der Waals surface area (Å²) in [5.41, 5.74) is 1.33. The molecule has 1 amide bonds. The zero-order chi connectivity index (χ0) is 18.6. The molecule has 0 unspecified atom stereocenters. The molecule has 8 heteroatoms. The van der Waals surface area contributed by atoms with Crippen LogP contribution in [0.4, 0.5) is 4.39 Å². The summed E-state index contributed by atoms with van der Waals surface area (Å²) in [7, 11) is 0. The number of para-hydroxylation sites is 1. The Balaban J connectivity index is 1.26. The number of hydrogen-bond donors (Lipinski definition) is 1. The van der Waals surface area contributed by atoms with Gasteiger partial charge in [0, 0.05) is 11.4 Å². The van der Waals surface area contributed by atoms with Gasteiger partial charge < -0.3 is 14.6 Å². The summed E-state index contributed by atoms with van der Waals surface area (Å²) in [5.74, 6) is -0.561. The predicted molar refractivity (Wildman–Crippen MR) is 94.5 cm³/mol. The summed E-state index contributed by atoms with van der Waals surface area (Å²) in [5, 5.41) is 7.92. The minimum absolute atomic E-state index is 0.0249. The Labute approximate surface area is 154 Å². The number of aromatic nitrogens is 3. The SMILES string of the molecule is O=C(Cc1noc2ccccc12)NC1CCC(Oc2ncc(F)cn2)CC1. The molecular weight excluding hydrogens is 351 g/mol. The highest BCUT2D eigenvalue weighted by atomic mass is 19.1. The molecule has 0 bridgehead atoms. The van der Waals surface area contributed by atoms with E-state index in [1.807, 2.05) is 24.3 Å². The molecule has 1 aliphatic carbocycles. The molecule has 1 saturated carbocycles. The van der Waals surface area contributed by atoms with Crippen LogP contribution in [0.2, 0.25) is 0 Å². The standard InChI is InChI=1S/C19H19FN4O3/c20-12-10-21-19(22-11-12)26-14-7-5-13(6-8-14)23-18(25)9-16-15-3-1-2-4-17(15)27-24-16/h1-4,10-11,13-14H,5-9H2,(H,23,25). The van der Waals surface area contributed by atoms with Gasteiger partial charge in [0.15, 0.2) is 11.4 Å². The highest BCUT2D eigenvalue weighted by molar-refractivity contribution is 5.86. The van der Waals surface area contributed by atoms with Crippen LogP contribution >= 0.6 is 0 Å². The number of carbonyl (C=O) groups is 1.